The van der Waals surface area contributed by atoms with E-state index >= 15 is 0 Å². The van der Waals surface area contributed by atoms with Crippen LogP contribution in [-0.4, -0.2) is 41.0 Å². The Bertz CT molecular complexity index is 1410. The van der Waals surface area contributed by atoms with Crippen molar-refractivity contribution in [3.05, 3.63) is 107 Å². The van der Waals surface area contributed by atoms with Gasteiger partial charge in [0.25, 0.3) is 11.8 Å². The molecule has 0 saturated carbocycles. The highest BCUT2D eigenvalue weighted by atomic mass is 16.5. The summed E-state index contributed by atoms with van der Waals surface area (Å²) in [6.45, 7) is 0. The minimum atomic E-state index is -1.22. The van der Waals surface area contributed by atoms with Crippen LogP contribution in [0.2, 0.25) is 0 Å². The molecule has 0 aliphatic rings. The lowest BCUT2D eigenvalue weighted by atomic mass is 10.0. The molecule has 1 aromatic heterocycles. The van der Waals surface area contributed by atoms with Gasteiger partial charge < -0.3 is 25.5 Å². The maximum Gasteiger partial charge on any atom is 0.326 e. The van der Waals surface area contributed by atoms with Gasteiger partial charge in [-0.05, 0) is 47.5 Å². The van der Waals surface area contributed by atoms with Crippen LogP contribution in [0.5, 0.6) is 5.75 Å². The minimum absolute atomic E-state index is 0.0630. The van der Waals surface area contributed by atoms with E-state index in [4.69, 9.17) is 4.74 Å². The van der Waals surface area contributed by atoms with Gasteiger partial charge >= 0.3 is 5.97 Å². The molecule has 0 radical (unpaired) electrons. The number of fused-ring (bicyclic) bond motifs is 1. The SMILES string of the molecule is COc1ccc(/C=C(/NC(=O)c2ccccc2)C(=O)N[C@H](Cc2c[nH]c3ccccc23)C(=O)O)cc1. The number of aromatic amines is 1. The number of benzene rings is 3. The number of methoxy groups -OCH3 is 1. The number of carbonyl (C=O) groups excluding carboxylic acids is 2. The van der Waals surface area contributed by atoms with Gasteiger partial charge in [0.15, 0.2) is 0 Å². The van der Waals surface area contributed by atoms with Crippen LogP contribution in [0.25, 0.3) is 17.0 Å². The third-order valence-electron chi connectivity index (χ3n) is 5.66. The second-order valence-corrected chi connectivity index (χ2v) is 8.08. The Balaban J connectivity index is 1.59. The Labute approximate surface area is 207 Å². The first-order chi connectivity index (χ1) is 17.4. The Morgan fingerprint density at radius 2 is 1.67 bits per heavy atom. The van der Waals surface area contributed by atoms with Crippen LogP contribution in [0.1, 0.15) is 21.5 Å². The second-order valence-electron chi connectivity index (χ2n) is 8.08. The highest BCUT2D eigenvalue weighted by molar-refractivity contribution is 6.06. The average molecular weight is 484 g/mol. The van der Waals surface area contributed by atoms with Crippen molar-refractivity contribution in [1.29, 1.82) is 0 Å². The van der Waals surface area contributed by atoms with Gasteiger partial charge in [0.2, 0.25) is 0 Å². The summed E-state index contributed by atoms with van der Waals surface area (Å²) in [5, 5.41) is 15.9. The van der Waals surface area contributed by atoms with E-state index in [1.807, 2.05) is 24.3 Å². The molecule has 0 unspecified atom stereocenters. The van der Waals surface area contributed by atoms with Gasteiger partial charge in [-0.15, -0.1) is 0 Å². The molecule has 0 fully saturated rings. The number of H-pyrrole nitrogens is 1. The molecule has 3 aromatic carbocycles. The Kier molecular flexibility index (Phi) is 7.45. The summed E-state index contributed by atoms with van der Waals surface area (Å²) < 4.78 is 5.17. The second kappa shape index (κ2) is 11.1. The molecular weight excluding hydrogens is 458 g/mol. The maximum absolute atomic E-state index is 13.3. The van der Waals surface area contributed by atoms with E-state index in [0.29, 0.717) is 16.9 Å². The number of carbonyl (C=O) groups is 3. The summed E-state index contributed by atoms with van der Waals surface area (Å²) in [7, 11) is 1.55. The molecule has 1 heterocycles. The van der Waals surface area contributed by atoms with Gasteiger partial charge in [-0.3, -0.25) is 9.59 Å². The number of rotatable bonds is 9. The van der Waals surface area contributed by atoms with Crippen LogP contribution >= 0.6 is 0 Å². The number of ether oxygens (including phenoxy) is 1. The molecule has 4 rings (SSSR count). The molecule has 0 spiro atoms. The summed E-state index contributed by atoms with van der Waals surface area (Å²) in [6.07, 6.45) is 3.28. The average Bonchev–Trinajstić information content (AvgIpc) is 3.31. The van der Waals surface area contributed by atoms with Crippen LogP contribution in [0.4, 0.5) is 0 Å². The minimum Gasteiger partial charge on any atom is -0.497 e. The number of para-hydroxylation sites is 1. The van der Waals surface area contributed by atoms with Crippen LogP contribution < -0.4 is 15.4 Å². The molecule has 36 heavy (non-hydrogen) atoms. The van der Waals surface area contributed by atoms with Gasteiger partial charge in [0.05, 0.1) is 7.11 Å². The van der Waals surface area contributed by atoms with Crippen molar-refractivity contribution in [1.82, 2.24) is 15.6 Å². The summed E-state index contributed by atoms with van der Waals surface area (Å²) in [5.74, 6) is -1.76. The van der Waals surface area contributed by atoms with Gasteiger partial charge in [-0.25, -0.2) is 4.79 Å². The van der Waals surface area contributed by atoms with E-state index in [1.165, 1.54) is 6.08 Å². The highest BCUT2D eigenvalue weighted by Crippen LogP contribution is 2.19. The number of aliphatic carboxylic acids is 1. The Morgan fingerprint density at radius 1 is 0.972 bits per heavy atom. The number of aromatic nitrogens is 1. The lowest BCUT2D eigenvalue weighted by Gasteiger charge is -2.17. The van der Waals surface area contributed by atoms with E-state index in [9.17, 15) is 19.5 Å². The Morgan fingerprint density at radius 3 is 2.36 bits per heavy atom. The van der Waals surface area contributed by atoms with E-state index in [-0.39, 0.29) is 12.1 Å². The predicted molar refractivity (Wildman–Crippen MR) is 136 cm³/mol. The fourth-order valence-corrected chi connectivity index (χ4v) is 3.77. The summed E-state index contributed by atoms with van der Waals surface area (Å²) in [5.41, 5.74) is 2.53. The monoisotopic (exact) mass is 483 g/mol. The predicted octanol–water partition coefficient (Wildman–Crippen LogP) is 3.76. The first kappa shape index (κ1) is 24.3. The van der Waals surface area contributed by atoms with Crippen molar-refractivity contribution in [2.45, 2.75) is 12.5 Å². The van der Waals surface area contributed by atoms with E-state index in [1.54, 1.807) is 67.9 Å². The molecule has 8 nitrogen and oxygen atoms in total. The topological polar surface area (TPSA) is 121 Å². The Hall–Kier alpha value is -4.85. The summed E-state index contributed by atoms with van der Waals surface area (Å²) in [6, 6.07) is 21.6. The highest BCUT2D eigenvalue weighted by Gasteiger charge is 2.24. The summed E-state index contributed by atoms with van der Waals surface area (Å²) >= 11 is 0. The molecule has 2 amide bonds. The molecular formula is C28H25N3O5. The lowest BCUT2D eigenvalue weighted by Crippen LogP contribution is -2.45. The number of hydrogen-bond donors (Lipinski definition) is 4. The van der Waals surface area contributed by atoms with Gasteiger partial charge in [-0.2, -0.15) is 0 Å². The quantitative estimate of drug-likeness (QED) is 0.270. The third kappa shape index (κ3) is 5.79. The van der Waals surface area contributed by atoms with Crippen molar-refractivity contribution in [2.75, 3.05) is 7.11 Å². The van der Waals surface area contributed by atoms with Crippen molar-refractivity contribution >= 4 is 34.8 Å². The normalized spacial score (nSPS) is 12.1. The first-order valence-corrected chi connectivity index (χ1v) is 11.3. The van der Waals surface area contributed by atoms with Crippen molar-refractivity contribution in [3.63, 3.8) is 0 Å². The van der Waals surface area contributed by atoms with Gasteiger partial charge in [0, 0.05) is 29.1 Å². The van der Waals surface area contributed by atoms with Crippen molar-refractivity contribution < 1.29 is 24.2 Å². The zero-order valence-electron chi connectivity index (χ0n) is 19.5. The number of hydrogen-bond acceptors (Lipinski definition) is 4. The molecule has 1 atom stereocenters. The van der Waals surface area contributed by atoms with E-state index in [2.05, 4.69) is 15.6 Å². The standard InChI is InChI=1S/C28H25N3O5/c1-36-21-13-11-18(12-14-21)15-24(30-26(32)19-7-3-2-4-8-19)27(33)31-25(28(34)35)16-20-17-29-23-10-6-5-9-22(20)23/h2-15,17,25,29H,16H2,1H3,(H,30,32)(H,31,33)(H,34,35)/b24-15+/t25-/m1/s1. The smallest absolute Gasteiger partial charge is 0.326 e. The zero-order chi connectivity index (χ0) is 25.5. The van der Waals surface area contributed by atoms with E-state index in [0.717, 1.165) is 16.5 Å². The zero-order valence-corrected chi connectivity index (χ0v) is 19.5. The van der Waals surface area contributed by atoms with E-state index < -0.39 is 23.8 Å². The van der Waals surface area contributed by atoms with Crippen LogP contribution in [-0.2, 0) is 16.0 Å². The van der Waals surface area contributed by atoms with Crippen LogP contribution in [0.3, 0.4) is 0 Å². The van der Waals surface area contributed by atoms with Gasteiger partial charge in [0.1, 0.15) is 17.5 Å². The molecule has 0 saturated heterocycles. The van der Waals surface area contributed by atoms with Crippen LogP contribution in [0.15, 0.2) is 90.8 Å². The number of nitrogens with one attached hydrogen (secondary N) is 3. The van der Waals surface area contributed by atoms with Crippen LogP contribution in [0, 0.1) is 0 Å². The first-order valence-electron chi connectivity index (χ1n) is 11.3. The third-order valence-corrected chi connectivity index (χ3v) is 5.66. The van der Waals surface area contributed by atoms with Crippen molar-refractivity contribution in [3.8, 4) is 5.75 Å². The lowest BCUT2D eigenvalue weighted by molar-refractivity contribution is -0.141. The molecule has 0 aliphatic carbocycles. The van der Waals surface area contributed by atoms with Crippen molar-refractivity contribution in [2.24, 2.45) is 0 Å². The fourth-order valence-electron chi connectivity index (χ4n) is 3.77. The molecule has 8 heteroatoms. The molecule has 182 valence electrons. The number of carboxylic acids is 1. The molecule has 0 bridgehead atoms. The number of amides is 2. The fraction of sp³-hybridized carbons (Fsp3) is 0.107. The maximum atomic E-state index is 13.3. The van der Waals surface area contributed by atoms with Gasteiger partial charge in [-0.1, -0.05) is 48.5 Å². The molecule has 4 N–H and O–H groups in total. The summed E-state index contributed by atoms with van der Waals surface area (Å²) in [4.78, 5) is 41.2. The number of carboxylic acid groups (broad SMARTS) is 1. The largest absolute Gasteiger partial charge is 0.497 e. The molecule has 0 aliphatic heterocycles. The molecule has 4 aromatic rings.